The van der Waals surface area contributed by atoms with Crippen LogP contribution in [0.15, 0.2) is 115 Å². The van der Waals surface area contributed by atoms with Gasteiger partial charge in [0.1, 0.15) is 0 Å². The van der Waals surface area contributed by atoms with Gasteiger partial charge in [0.15, 0.2) is 5.82 Å². The van der Waals surface area contributed by atoms with E-state index in [4.69, 9.17) is 23.2 Å². The second-order valence-electron chi connectivity index (χ2n) is 9.21. The molecule has 0 bridgehead atoms. The van der Waals surface area contributed by atoms with E-state index in [2.05, 4.69) is 112 Å². The molecule has 0 aliphatic carbocycles. The minimum Gasteiger partial charge on any atom is -0.198 e. The van der Waals surface area contributed by atoms with E-state index >= 15 is 0 Å². The molecule has 0 radical (unpaired) electrons. The minimum atomic E-state index is 0.0732. The highest BCUT2D eigenvalue weighted by Gasteiger charge is 2.11. The zero-order valence-electron chi connectivity index (χ0n) is 20.1. The molecule has 0 aliphatic heterocycles. The number of hydrogen-bond acceptors (Lipinski definition) is 3. The van der Waals surface area contributed by atoms with Crippen molar-refractivity contribution in [3.8, 4) is 33.6 Å². The Balaban J connectivity index is 1.36. The summed E-state index contributed by atoms with van der Waals surface area (Å²) in [5.41, 5.74) is 5.29. The van der Waals surface area contributed by atoms with Crippen LogP contribution in [0.25, 0.3) is 66.0 Å². The van der Waals surface area contributed by atoms with Gasteiger partial charge >= 0.3 is 0 Å². The molecular weight excluding hydrogens is 509 g/mol. The van der Waals surface area contributed by atoms with Gasteiger partial charge in [-0.15, -0.1) is 0 Å². The molecule has 1 heterocycles. The maximum atomic E-state index is 6.01. The number of nitrogens with zero attached hydrogens (tertiary/aromatic N) is 3. The van der Waals surface area contributed by atoms with E-state index in [1.807, 2.05) is 18.2 Å². The molecule has 0 fully saturated rings. The van der Waals surface area contributed by atoms with E-state index < -0.39 is 0 Å². The number of hydrogen-bond donors (Lipinski definition) is 0. The van der Waals surface area contributed by atoms with E-state index in [9.17, 15) is 0 Å². The van der Waals surface area contributed by atoms with Crippen molar-refractivity contribution in [1.29, 1.82) is 0 Å². The molecule has 0 unspecified atom stereocenters. The Morgan fingerprint density at radius 1 is 0.342 bits per heavy atom. The summed E-state index contributed by atoms with van der Waals surface area (Å²) in [6.45, 7) is 0. The van der Waals surface area contributed by atoms with Crippen LogP contribution in [0.3, 0.4) is 0 Å². The molecule has 1 aromatic heterocycles. The monoisotopic (exact) mass is 527 g/mol. The normalized spacial score (nSPS) is 11.4. The topological polar surface area (TPSA) is 38.7 Å². The van der Waals surface area contributed by atoms with E-state index in [0.29, 0.717) is 5.82 Å². The van der Waals surface area contributed by atoms with Crippen molar-refractivity contribution >= 4 is 55.5 Å². The van der Waals surface area contributed by atoms with Gasteiger partial charge in [0, 0.05) is 5.56 Å². The second kappa shape index (κ2) is 9.21. The Labute approximate surface area is 229 Å². The summed E-state index contributed by atoms with van der Waals surface area (Å²) >= 11 is 12.0. The summed E-state index contributed by atoms with van der Waals surface area (Å²) in [4.78, 5) is 12.3. The summed E-state index contributed by atoms with van der Waals surface area (Å²) in [5.74, 6) is 0.446. The van der Waals surface area contributed by atoms with Crippen LogP contribution in [0.5, 0.6) is 0 Å². The van der Waals surface area contributed by atoms with Gasteiger partial charge in [-0.05, 0) is 96.0 Å². The molecule has 0 atom stereocenters. The first kappa shape index (κ1) is 22.9. The Kier molecular flexibility index (Phi) is 5.54. The van der Waals surface area contributed by atoms with Gasteiger partial charge < -0.3 is 0 Å². The number of halogens is 2. The Morgan fingerprint density at radius 2 is 0.763 bits per heavy atom. The molecule has 3 nitrogen and oxygen atoms in total. The average molecular weight is 528 g/mol. The zero-order chi connectivity index (χ0) is 25.6. The highest BCUT2D eigenvalue weighted by atomic mass is 35.5. The fraction of sp³-hybridized carbons (Fsp3) is 0. The van der Waals surface area contributed by atoms with E-state index in [0.717, 1.165) is 22.3 Å². The van der Waals surface area contributed by atoms with Crippen molar-refractivity contribution in [2.75, 3.05) is 0 Å². The molecule has 38 heavy (non-hydrogen) atoms. The van der Waals surface area contributed by atoms with Crippen molar-refractivity contribution < 1.29 is 0 Å². The van der Waals surface area contributed by atoms with E-state index in [1.54, 1.807) is 0 Å². The number of benzene rings is 6. The van der Waals surface area contributed by atoms with Crippen molar-refractivity contribution in [1.82, 2.24) is 15.0 Å². The lowest BCUT2D eigenvalue weighted by Gasteiger charge is -2.13. The lowest BCUT2D eigenvalue weighted by molar-refractivity contribution is 1.06. The van der Waals surface area contributed by atoms with Crippen molar-refractivity contribution in [2.45, 2.75) is 0 Å². The summed E-state index contributed by atoms with van der Waals surface area (Å²) in [6.07, 6.45) is 0. The summed E-state index contributed by atoms with van der Waals surface area (Å²) < 4.78 is 0. The molecule has 180 valence electrons. The van der Waals surface area contributed by atoms with E-state index in [1.165, 1.54) is 37.9 Å². The van der Waals surface area contributed by atoms with Gasteiger partial charge in [0.2, 0.25) is 10.6 Å². The molecule has 0 saturated carbocycles. The van der Waals surface area contributed by atoms with E-state index in [-0.39, 0.29) is 10.6 Å². The second-order valence-corrected chi connectivity index (χ2v) is 9.89. The van der Waals surface area contributed by atoms with Crippen LogP contribution in [-0.4, -0.2) is 15.0 Å². The molecule has 0 saturated heterocycles. The van der Waals surface area contributed by atoms with Crippen molar-refractivity contribution in [3.05, 3.63) is 126 Å². The van der Waals surface area contributed by atoms with Crippen molar-refractivity contribution in [2.24, 2.45) is 0 Å². The highest BCUT2D eigenvalue weighted by molar-refractivity contribution is 6.31. The third kappa shape index (κ3) is 3.97. The fourth-order valence-corrected chi connectivity index (χ4v) is 5.62. The predicted octanol–water partition coefficient (Wildman–Crippen LogP) is 9.64. The Morgan fingerprint density at radius 3 is 1.32 bits per heavy atom. The maximum Gasteiger partial charge on any atom is 0.227 e. The first-order chi connectivity index (χ1) is 18.6. The number of rotatable bonds is 3. The van der Waals surface area contributed by atoms with Gasteiger partial charge in [0.25, 0.3) is 0 Å². The van der Waals surface area contributed by atoms with Crippen LogP contribution in [0.4, 0.5) is 0 Å². The van der Waals surface area contributed by atoms with Crippen LogP contribution >= 0.6 is 23.2 Å². The first-order valence-corrected chi connectivity index (χ1v) is 13.0. The van der Waals surface area contributed by atoms with Gasteiger partial charge in [-0.25, -0.2) is 0 Å². The minimum absolute atomic E-state index is 0.0732. The van der Waals surface area contributed by atoms with Crippen LogP contribution in [0.2, 0.25) is 10.6 Å². The standard InChI is InChI=1S/C33H19Cl2N3/c34-32-36-31(37-33(35)38-32)24-10-6-9-22(18-24)20-7-5-8-21(17-20)23-15-16-29-27-13-2-1-11-25(27)26-12-3-4-14-28(26)30(29)19-23/h1-19H. The lowest BCUT2D eigenvalue weighted by Crippen LogP contribution is -1.94. The number of aromatic nitrogens is 3. The quantitative estimate of drug-likeness (QED) is 0.214. The zero-order valence-corrected chi connectivity index (χ0v) is 21.6. The maximum absolute atomic E-state index is 6.01. The Hall–Kier alpha value is -4.31. The molecule has 0 aliphatic rings. The molecule has 0 amide bonds. The molecule has 0 spiro atoms. The van der Waals surface area contributed by atoms with Crippen molar-refractivity contribution in [3.63, 3.8) is 0 Å². The van der Waals surface area contributed by atoms with Gasteiger partial charge in [-0.1, -0.05) is 97.1 Å². The third-order valence-electron chi connectivity index (χ3n) is 6.98. The largest absolute Gasteiger partial charge is 0.227 e. The number of fused-ring (bicyclic) bond motifs is 6. The molecule has 7 aromatic rings. The molecule has 7 rings (SSSR count). The Bertz CT molecular complexity index is 1960. The lowest BCUT2D eigenvalue weighted by atomic mass is 9.91. The molecule has 5 heteroatoms. The molecule has 0 N–H and O–H groups in total. The van der Waals surface area contributed by atoms with Gasteiger partial charge in [0.05, 0.1) is 0 Å². The fourth-order valence-electron chi connectivity index (χ4n) is 5.26. The summed E-state index contributed by atoms with van der Waals surface area (Å²) in [7, 11) is 0. The summed E-state index contributed by atoms with van der Waals surface area (Å²) in [6, 6.07) is 40.7. The third-order valence-corrected chi connectivity index (χ3v) is 7.31. The van der Waals surface area contributed by atoms with Crippen LogP contribution in [-0.2, 0) is 0 Å². The summed E-state index contributed by atoms with van der Waals surface area (Å²) in [5, 5.41) is 7.77. The SMILES string of the molecule is Clc1nc(Cl)nc(-c2cccc(-c3cccc(-c4ccc5c6ccccc6c6ccccc6c5c4)c3)c2)n1. The molecular formula is C33H19Cl2N3. The van der Waals surface area contributed by atoms with Gasteiger partial charge in [-0.2, -0.15) is 15.0 Å². The molecule has 6 aromatic carbocycles. The predicted molar refractivity (Wildman–Crippen MR) is 159 cm³/mol. The highest BCUT2D eigenvalue weighted by Crippen LogP contribution is 2.37. The average Bonchev–Trinajstić information content (AvgIpc) is 2.97. The van der Waals surface area contributed by atoms with Crippen LogP contribution in [0, 0.1) is 0 Å². The van der Waals surface area contributed by atoms with Gasteiger partial charge in [-0.3, -0.25) is 0 Å². The first-order valence-electron chi connectivity index (χ1n) is 12.3. The smallest absolute Gasteiger partial charge is 0.198 e. The van der Waals surface area contributed by atoms with Crippen LogP contribution in [0.1, 0.15) is 0 Å². The van der Waals surface area contributed by atoms with Crippen LogP contribution < -0.4 is 0 Å².